The van der Waals surface area contributed by atoms with Gasteiger partial charge in [-0.3, -0.25) is 0 Å². The van der Waals surface area contributed by atoms with Crippen molar-refractivity contribution >= 4 is 21.2 Å². The van der Waals surface area contributed by atoms with Crippen LogP contribution in [0.15, 0.2) is 12.1 Å². The molecule has 0 aliphatic heterocycles. The summed E-state index contributed by atoms with van der Waals surface area (Å²) in [7, 11) is -2.88. The summed E-state index contributed by atoms with van der Waals surface area (Å²) in [4.78, 5) is 2.59. The van der Waals surface area contributed by atoms with Gasteiger partial charge in [0, 0.05) is 22.1 Å². The molecule has 0 fully saturated rings. The summed E-state index contributed by atoms with van der Waals surface area (Å²) in [5.41, 5.74) is 0. The molecule has 98 valence electrons. The molecule has 0 amide bonds. The SMILES string of the molecule is CCNC(CCS(C)(=O)=O)c1ccc(CC)s1. The van der Waals surface area contributed by atoms with Crippen molar-refractivity contribution in [3.05, 3.63) is 21.9 Å². The zero-order valence-corrected chi connectivity index (χ0v) is 12.3. The second kappa shape index (κ2) is 6.52. The van der Waals surface area contributed by atoms with Gasteiger partial charge in [0.25, 0.3) is 0 Å². The van der Waals surface area contributed by atoms with Crippen LogP contribution in [0.5, 0.6) is 0 Å². The van der Waals surface area contributed by atoms with Crippen molar-refractivity contribution in [3.8, 4) is 0 Å². The Labute approximate surface area is 108 Å². The Hall–Kier alpha value is -0.390. The molecule has 5 heteroatoms. The number of aryl methyl sites for hydroxylation is 1. The van der Waals surface area contributed by atoms with Gasteiger partial charge >= 0.3 is 0 Å². The van der Waals surface area contributed by atoms with Crippen molar-refractivity contribution in [1.82, 2.24) is 5.32 Å². The molecule has 0 radical (unpaired) electrons. The van der Waals surface area contributed by atoms with E-state index in [9.17, 15) is 8.42 Å². The number of nitrogens with one attached hydrogen (secondary N) is 1. The van der Waals surface area contributed by atoms with E-state index in [1.165, 1.54) is 16.0 Å². The fraction of sp³-hybridized carbons (Fsp3) is 0.667. The number of sulfone groups is 1. The maximum atomic E-state index is 11.2. The van der Waals surface area contributed by atoms with Crippen LogP contribution in [-0.4, -0.2) is 27.0 Å². The van der Waals surface area contributed by atoms with Gasteiger partial charge in [0.15, 0.2) is 0 Å². The molecule has 0 aromatic carbocycles. The molecule has 0 bridgehead atoms. The standard InChI is InChI=1S/C12H21NO2S2/c1-4-10-6-7-12(16-10)11(13-5-2)8-9-17(3,14)15/h6-7,11,13H,4-5,8-9H2,1-3H3. The molecule has 0 spiro atoms. The third-order valence-electron chi connectivity index (χ3n) is 2.60. The minimum atomic E-state index is -2.88. The Balaban J connectivity index is 2.71. The van der Waals surface area contributed by atoms with E-state index in [1.807, 2.05) is 6.92 Å². The van der Waals surface area contributed by atoms with E-state index in [2.05, 4.69) is 24.4 Å². The lowest BCUT2D eigenvalue weighted by molar-refractivity contribution is 0.536. The van der Waals surface area contributed by atoms with Crippen molar-refractivity contribution in [3.63, 3.8) is 0 Å². The summed E-state index contributed by atoms with van der Waals surface area (Å²) >= 11 is 1.77. The molecular weight excluding hydrogens is 254 g/mol. The van der Waals surface area contributed by atoms with Crippen LogP contribution in [0, 0.1) is 0 Å². The van der Waals surface area contributed by atoms with Crippen LogP contribution < -0.4 is 5.32 Å². The Morgan fingerprint density at radius 2 is 2.06 bits per heavy atom. The fourth-order valence-corrected chi connectivity index (χ4v) is 3.42. The van der Waals surface area contributed by atoms with E-state index in [0.29, 0.717) is 6.42 Å². The molecule has 1 heterocycles. The maximum Gasteiger partial charge on any atom is 0.147 e. The number of thiophene rings is 1. The number of hydrogen-bond acceptors (Lipinski definition) is 4. The molecule has 1 N–H and O–H groups in total. The van der Waals surface area contributed by atoms with Crippen molar-refractivity contribution in [2.24, 2.45) is 0 Å². The minimum Gasteiger partial charge on any atom is -0.309 e. The molecular formula is C12H21NO2S2. The van der Waals surface area contributed by atoms with Crippen molar-refractivity contribution in [2.45, 2.75) is 32.7 Å². The smallest absolute Gasteiger partial charge is 0.147 e. The zero-order chi connectivity index (χ0) is 12.9. The second-order valence-electron chi connectivity index (χ2n) is 4.19. The van der Waals surface area contributed by atoms with Gasteiger partial charge in [0.2, 0.25) is 0 Å². The molecule has 17 heavy (non-hydrogen) atoms. The van der Waals surface area contributed by atoms with E-state index in [0.717, 1.165) is 13.0 Å². The lowest BCUT2D eigenvalue weighted by Crippen LogP contribution is -2.22. The summed E-state index contributed by atoms with van der Waals surface area (Å²) in [6.45, 7) is 5.03. The van der Waals surface area contributed by atoms with Crippen molar-refractivity contribution in [1.29, 1.82) is 0 Å². The summed E-state index contributed by atoms with van der Waals surface area (Å²) in [6.07, 6.45) is 2.98. The molecule has 1 rings (SSSR count). The maximum absolute atomic E-state index is 11.2. The summed E-state index contributed by atoms with van der Waals surface area (Å²) in [6, 6.07) is 4.41. The molecule has 1 atom stereocenters. The third kappa shape index (κ3) is 5.19. The molecule has 1 aromatic rings. The van der Waals surface area contributed by atoms with Gasteiger partial charge in [-0.25, -0.2) is 8.42 Å². The highest BCUT2D eigenvalue weighted by Gasteiger charge is 2.15. The average Bonchev–Trinajstić information content (AvgIpc) is 2.71. The van der Waals surface area contributed by atoms with Gasteiger partial charge in [-0.2, -0.15) is 0 Å². The number of hydrogen-bond donors (Lipinski definition) is 1. The first kappa shape index (κ1) is 14.7. The first-order valence-electron chi connectivity index (χ1n) is 5.96. The van der Waals surface area contributed by atoms with E-state index >= 15 is 0 Å². The molecule has 0 saturated heterocycles. The highest BCUT2D eigenvalue weighted by atomic mass is 32.2. The van der Waals surface area contributed by atoms with Crippen molar-refractivity contribution in [2.75, 3.05) is 18.6 Å². The molecule has 0 aliphatic carbocycles. The van der Waals surface area contributed by atoms with Crippen LogP contribution in [0.1, 0.15) is 36.1 Å². The van der Waals surface area contributed by atoms with Crippen molar-refractivity contribution < 1.29 is 8.42 Å². The molecule has 0 saturated carbocycles. The van der Waals surface area contributed by atoms with Gasteiger partial charge < -0.3 is 5.32 Å². The van der Waals surface area contributed by atoms with Gasteiger partial charge in [-0.05, 0) is 31.5 Å². The first-order chi connectivity index (χ1) is 7.96. The van der Waals surface area contributed by atoms with Crippen LogP contribution >= 0.6 is 11.3 Å². The average molecular weight is 275 g/mol. The summed E-state index contributed by atoms with van der Waals surface area (Å²) in [5, 5.41) is 3.35. The molecule has 1 unspecified atom stereocenters. The lowest BCUT2D eigenvalue weighted by atomic mass is 10.2. The Kier molecular flexibility index (Phi) is 5.62. The van der Waals surface area contributed by atoms with E-state index < -0.39 is 9.84 Å². The monoisotopic (exact) mass is 275 g/mol. The van der Waals surface area contributed by atoms with Gasteiger partial charge in [-0.1, -0.05) is 13.8 Å². The predicted octanol–water partition coefficient (Wildman–Crippen LogP) is 2.40. The number of rotatable bonds is 7. The van der Waals surface area contributed by atoms with Gasteiger partial charge in [0.1, 0.15) is 9.84 Å². The van der Waals surface area contributed by atoms with Crippen LogP contribution in [-0.2, 0) is 16.3 Å². The quantitative estimate of drug-likeness (QED) is 0.831. The van der Waals surface area contributed by atoms with Gasteiger partial charge in [-0.15, -0.1) is 11.3 Å². The van der Waals surface area contributed by atoms with Crippen LogP contribution in [0.2, 0.25) is 0 Å². The van der Waals surface area contributed by atoms with E-state index in [1.54, 1.807) is 11.3 Å². The molecule has 1 aromatic heterocycles. The minimum absolute atomic E-state index is 0.167. The Morgan fingerprint density at radius 3 is 2.53 bits per heavy atom. The normalized spacial score (nSPS) is 13.8. The van der Waals surface area contributed by atoms with Gasteiger partial charge in [0.05, 0.1) is 5.75 Å². The Bertz CT molecular complexity index is 437. The second-order valence-corrected chi connectivity index (χ2v) is 7.65. The van der Waals surface area contributed by atoms with Crippen LogP contribution in [0.3, 0.4) is 0 Å². The highest BCUT2D eigenvalue weighted by molar-refractivity contribution is 7.90. The van der Waals surface area contributed by atoms with E-state index in [-0.39, 0.29) is 11.8 Å². The highest BCUT2D eigenvalue weighted by Crippen LogP contribution is 2.26. The zero-order valence-electron chi connectivity index (χ0n) is 10.7. The van der Waals surface area contributed by atoms with E-state index in [4.69, 9.17) is 0 Å². The lowest BCUT2D eigenvalue weighted by Gasteiger charge is -2.15. The van der Waals surface area contributed by atoms with Crippen LogP contribution in [0.4, 0.5) is 0 Å². The first-order valence-corrected chi connectivity index (χ1v) is 8.83. The topological polar surface area (TPSA) is 46.2 Å². The molecule has 3 nitrogen and oxygen atoms in total. The summed E-state index contributed by atoms with van der Waals surface area (Å²) < 4.78 is 22.4. The fourth-order valence-electron chi connectivity index (χ4n) is 1.70. The Morgan fingerprint density at radius 1 is 1.35 bits per heavy atom. The molecule has 0 aliphatic rings. The largest absolute Gasteiger partial charge is 0.309 e. The summed E-state index contributed by atoms with van der Waals surface area (Å²) in [5.74, 6) is 0.240. The third-order valence-corrected chi connectivity index (χ3v) is 4.92. The van der Waals surface area contributed by atoms with Crippen LogP contribution in [0.25, 0.3) is 0 Å². The predicted molar refractivity (Wildman–Crippen MR) is 74.4 cm³/mol.